The van der Waals surface area contributed by atoms with Crippen LogP contribution in [-0.4, -0.2) is 89.6 Å². The molecule has 2 saturated heterocycles. The lowest BCUT2D eigenvalue weighted by Crippen LogP contribution is -2.59. The number of aromatic nitrogens is 2. The number of carbonyl (C=O) groups is 2. The molecule has 0 saturated carbocycles. The predicted molar refractivity (Wildman–Crippen MR) is 121 cm³/mol. The highest BCUT2D eigenvalue weighted by Gasteiger charge is 2.43. The van der Waals surface area contributed by atoms with Gasteiger partial charge in [-0.1, -0.05) is 11.6 Å². The molecule has 0 aliphatic carbocycles. The van der Waals surface area contributed by atoms with Gasteiger partial charge in [0.15, 0.2) is 0 Å². The number of ether oxygens (including phenoxy) is 3. The van der Waals surface area contributed by atoms with E-state index in [9.17, 15) is 9.59 Å². The molecular weight excluding hydrogens is 448 g/mol. The van der Waals surface area contributed by atoms with Crippen molar-refractivity contribution >= 4 is 23.4 Å². The molecule has 178 valence electrons. The number of morpholine rings is 2. The number of amides is 2. The summed E-state index contributed by atoms with van der Waals surface area (Å²) in [6.07, 6.45) is 1.70. The molecule has 9 nitrogen and oxygen atoms in total. The van der Waals surface area contributed by atoms with E-state index in [1.807, 2.05) is 13.0 Å². The van der Waals surface area contributed by atoms with E-state index in [-0.39, 0.29) is 31.4 Å². The molecule has 1 aromatic carbocycles. The Labute approximate surface area is 198 Å². The van der Waals surface area contributed by atoms with Gasteiger partial charge in [-0.25, -0.2) is 0 Å². The third-order valence-corrected chi connectivity index (χ3v) is 6.47. The van der Waals surface area contributed by atoms with Gasteiger partial charge in [0.1, 0.15) is 23.7 Å². The fraction of sp³-hybridized carbons (Fsp3) is 0.522. The minimum absolute atomic E-state index is 0.0379. The number of carbonyl (C=O) groups excluding carboxylic acids is 2. The predicted octanol–water partition coefficient (Wildman–Crippen LogP) is 1.92. The summed E-state index contributed by atoms with van der Waals surface area (Å²) in [4.78, 5) is 29.8. The zero-order valence-corrected chi connectivity index (χ0v) is 19.7. The highest BCUT2D eigenvalue weighted by atomic mass is 35.5. The molecule has 0 bridgehead atoms. The van der Waals surface area contributed by atoms with Gasteiger partial charge in [0.05, 0.1) is 32.8 Å². The second-order valence-electron chi connectivity index (χ2n) is 8.47. The van der Waals surface area contributed by atoms with Crippen molar-refractivity contribution < 1.29 is 23.8 Å². The van der Waals surface area contributed by atoms with E-state index in [0.717, 1.165) is 5.56 Å². The summed E-state index contributed by atoms with van der Waals surface area (Å²) in [5.41, 5.74) is 0.403. The number of halogens is 1. The summed E-state index contributed by atoms with van der Waals surface area (Å²) < 4.78 is 19.2. The highest BCUT2D eigenvalue weighted by Crippen LogP contribution is 2.28. The maximum Gasteiger partial charge on any atom is 0.272 e. The van der Waals surface area contributed by atoms with Crippen molar-refractivity contribution in [1.29, 1.82) is 0 Å². The molecule has 4 rings (SSSR count). The van der Waals surface area contributed by atoms with Crippen molar-refractivity contribution in [3.05, 3.63) is 46.7 Å². The minimum Gasteiger partial charge on any atom is -0.490 e. The lowest BCUT2D eigenvalue weighted by atomic mass is 9.96. The van der Waals surface area contributed by atoms with E-state index in [2.05, 4.69) is 5.10 Å². The maximum atomic E-state index is 13.2. The average Bonchev–Trinajstić information content (AvgIpc) is 3.26. The number of hydrogen-bond donors (Lipinski definition) is 0. The first-order valence-electron chi connectivity index (χ1n) is 11.0. The molecule has 3 heterocycles. The van der Waals surface area contributed by atoms with E-state index >= 15 is 0 Å². The Hall–Kier alpha value is -2.62. The Morgan fingerprint density at radius 2 is 1.91 bits per heavy atom. The smallest absolute Gasteiger partial charge is 0.272 e. The first kappa shape index (κ1) is 23.5. The van der Waals surface area contributed by atoms with Crippen molar-refractivity contribution in [2.75, 3.05) is 52.6 Å². The van der Waals surface area contributed by atoms with Crippen LogP contribution in [0.4, 0.5) is 0 Å². The molecule has 33 heavy (non-hydrogen) atoms. The zero-order valence-electron chi connectivity index (χ0n) is 19.0. The quantitative estimate of drug-likeness (QED) is 0.633. The van der Waals surface area contributed by atoms with Crippen molar-refractivity contribution in [3.8, 4) is 5.75 Å². The van der Waals surface area contributed by atoms with Gasteiger partial charge in [-0.15, -0.1) is 0 Å². The van der Waals surface area contributed by atoms with Crippen molar-refractivity contribution in [3.63, 3.8) is 0 Å². The van der Waals surface area contributed by atoms with Crippen LogP contribution in [0, 0.1) is 6.92 Å². The van der Waals surface area contributed by atoms with Gasteiger partial charge in [0.2, 0.25) is 5.91 Å². The van der Waals surface area contributed by atoms with Crippen LogP contribution in [-0.2, 0) is 21.3 Å². The Kier molecular flexibility index (Phi) is 7.21. The first-order valence-corrected chi connectivity index (χ1v) is 11.4. The van der Waals surface area contributed by atoms with Gasteiger partial charge in [0, 0.05) is 37.9 Å². The fourth-order valence-corrected chi connectivity index (χ4v) is 4.25. The van der Waals surface area contributed by atoms with Crippen LogP contribution in [0.25, 0.3) is 0 Å². The minimum atomic E-state index is -0.977. The standard InChI is InChI=1S/C23H29ClN4O5/c1-17-13-18(3-4-19(17)24)32-16-23(14-21(29)27-7-10-31-11-8-27)15-28(9-12-33-23)22(30)20-5-6-25-26(20)2/h3-6,13H,7-12,14-16H2,1-2H3. The largest absolute Gasteiger partial charge is 0.490 e. The molecule has 1 unspecified atom stereocenters. The fourth-order valence-electron chi connectivity index (χ4n) is 4.13. The van der Waals surface area contributed by atoms with Crippen LogP contribution in [0.5, 0.6) is 5.75 Å². The summed E-state index contributed by atoms with van der Waals surface area (Å²) >= 11 is 6.14. The summed E-state index contributed by atoms with van der Waals surface area (Å²) in [7, 11) is 1.73. The van der Waals surface area contributed by atoms with Crippen LogP contribution >= 0.6 is 11.6 Å². The van der Waals surface area contributed by atoms with Gasteiger partial charge in [-0.2, -0.15) is 5.10 Å². The van der Waals surface area contributed by atoms with Crippen LogP contribution in [0.2, 0.25) is 5.02 Å². The third-order valence-electron chi connectivity index (χ3n) is 6.04. The topological polar surface area (TPSA) is 86.1 Å². The zero-order chi connectivity index (χ0) is 23.4. The Morgan fingerprint density at radius 3 is 2.61 bits per heavy atom. The number of benzene rings is 1. The second-order valence-corrected chi connectivity index (χ2v) is 8.88. The molecule has 0 spiro atoms. The molecule has 10 heteroatoms. The summed E-state index contributed by atoms with van der Waals surface area (Å²) in [5, 5.41) is 4.75. The molecule has 1 aromatic heterocycles. The summed E-state index contributed by atoms with van der Waals surface area (Å²) in [6.45, 7) is 5.13. The van der Waals surface area contributed by atoms with E-state index in [1.165, 1.54) is 0 Å². The maximum absolute atomic E-state index is 13.2. The third kappa shape index (κ3) is 5.48. The first-order chi connectivity index (χ1) is 15.9. The van der Waals surface area contributed by atoms with E-state index < -0.39 is 5.60 Å². The number of hydrogen-bond acceptors (Lipinski definition) is 6. The van der Waals surface area contributed by atoms with Gasteiger partial charge in [0.25, 0.3) is 5.91 Å². The van der Waals surface area contributed by atoms with Gasteiger partial charge in [-0.3, -0.25) is 14.3 Å². The molecule has 2 amide bonds. The number of nitrogens with zero attached hydrogens (tertiary/aromatic N) is 4. The Bertz CT molecular complexity index is 1010. The normalized spacial score (nSPS) is 21.2. The average molecular weight is 477 g/mol. The number of rotatable bonds is 6. The molecule has 2 aliphatic heterocycles. The van der Waals surface area contributed by atoms with E-state index in [0.29, 0.717) is 55.9 Å². The van der Waals surface area contributed by atoms with E-state index in [4.69, 9.17) is 25.8 Å². The summed E-state index contributed by atoms with van der Waals surface area (Å²) in [6, 6.07) is 7.10. The Balaban J connectivity index is 1.54. The monoisotopic (exact) mass is 476 g/mol. The van der Waals surface area contributed by atoms with Gasteiger partial charge >= 0.3 is 0 Å². The van der Waals surface area contributed by atoms with Crippen LogP contribution in [0.3, 0.4) is 0 Å². The van der Waals surface area contributed by atoms with Crippen LogP contribution in [0.1, 0.15) is 22.5 Å². The van der Waals surface area contributed by atoms with Crippen molar-refractivity contribution in [2.24, 2.45) is 7.05 Å². The van der Waals surface area contributed by atoms with Crippen molar-refractivity contribution in [1.82, 2.24) is 19.6 Å². The molecule has 0 N–H and O–H groups in total. The van der Waals surface area contributed by atoms with Crippen LogP contribution < -0.4 is 4.74 Å². The summed E-state index contributed by atoms with van der Waals surface area (Å²) in [5.74, 6) is 0.446. The van der Waals surface area contributed by atoms with Crippen molar-refractivity contribution in [2.45, 2.75) is 18.9 Å². The number of aryl methyl sites for hydroxylation is 2. The lowest BCUT2D eigenvalue weighted by molar-refractivity contribution is -0.155. The molecular formula is C23H29ClN4O5. The van der Waals surface area contributed by atoms with Gasteiger partial charge < -0.3 is 24.0 Å². The molecule has 2 aliphatic rings. The molecule has 1 atom stereocenters. The molecule has 2 aromatic rings. The van der Waals surface area contributed by atoms with E-state index in [1.54, 1.807) is 45.9 Å². The SMILES string of the molecule is Cc1cc(OCC2(CC(=O)N3CCOCC3)CN(C(=O)c3ccnn3C)CCO2)ccc1Cl. The Morgan fingerprint density at radius 1 is 1.15 bits per heavy atom. The molecule has 2 fully saturated rings. The highest BCUT2D eigenvalue weighted by molar-refractivity contribution is 6.31. The molecule has 0 radical (unpaired) electrons. The second kappa shape index (κ2) is 10.1. The van der Waals surface area contributed by atoms with Crippen LogP contribution in [0.15, 0.2) is 30.5 Å². The van der Waals surface area contributed by atoms with Gasteiger partial charge in [-0.05, 0) is 36.8 Å². The lowest BCUT2D eigenvalue weighted by Gasteiger charge is -2.43.